The quantitative estimate of drug-likeness (QED) is 0.0451. The van der Waals surface area contributed by atoms with E-state index < -0.39 is 108 Å². The molecule has 20 nitrogen and oxygen atoms in total. The predicted octanol–water partition coefficient (Wildman–Crippen LogP) is -0.0722. The maximum Gasteiger partial charge on any atom is 0.326 e. The normalized spacial score (nSPS) is 17.3. The van der Waals surface area contributed by atoms with Gasteiger partial charge in [0.15, 0.2) is 0 Å². The van der Waals surface area contributed by atoms with Crippen molar-refractivity contribution >= 4 is 47.3 Å². The zero-order chi connectivity index (χ0) is 50.4. The van der Waals surface area contributed by atoms with E-state index in [9.17, 15) is 48.6 Å². The van der Waals surface area contributed by atoms with E-state index in [0.29, 0.717) is 45.2 Å². The smallest absolute Gasteiger partial charge is 0.326 e. The number of carboxylic acids is 1. The first kappa shape index (κ1) is 57.9. The number of rotatable bonds is 30. The molecule has 1 saturated heterocycles. The molecule has 0 aromatic heterocycles. The molecule has 9 atom stereocenters. The Morgan fingerprint density at radius 3 is 1.69 bits per heavy atom. The molecule has 67 heavy (non-hydrogen) atoms. The van der Waals surface area contributed by atoms with Crippen molar-refractivity contribution in [3.8, 4) is 0 Å². The van der Waals surface area contributed by atoms with Gasteiger partial charge in [-0.05, 0) is 114 Å². The molecule has 0 spiro atoms. The molecule has 20 heteroatoms. The number of hydrogen-bond donors (Lipinski definition) is 11. The molecular formula is C47H80N10O10. The predicted molar refractivity (Wildman–Crippen MR) is 253 cm³/mol. The van der Waals surface area contributed by atoms with Crippen molar-refractivity contribution in [3.05, 3.63) is 35.9 Å². The highest BCUT2D eigenvalue weighted by Gasteiger charge is 2.41. The SMILES string of the molecule is CC(C)C[C@H](NC(=O)[C@H](CC(C)C)NC(=O)[C@@H]1CCCN1C(=O)[C@H](CCCCN)NC(=O)[C@@H](NC(=O)[C@H](CCCCN)NC(=O)[C@@H](NC(=O)[C@@H](N)Cc1ccccc1)[C@@H](C)O)C(C)C)C(=O)O. The number of amides is 7. The number of aliphatic carboxylic acids is 1. The Bertz CT molecular complexity index is 1760. The highest BCUT2D eigenvalue weighted by molar-refractivity contribution is 5.98. The summed E-state index contributed by atoms with van der Waals surface area (Å²) in [6.45, 7) is 12.9. The number of aliphatic hydroxyl groups excluding tert-OH is 1. The highest BCUT2D eigenvalue weighted by Crippen LogP contribution is 2.21. The summed E-state index contributed by atoms with van der Waals surface area (Å²) >= 11 is 0. The van der Waals surface area contributed by atoms with Crippen molar-refractivity contribution in [2.75, 3.05) is 19.6 Å². The van der Waals surface area contributed by atoms with Crippen LogP contribution in [0.3, 0.4) is 0 Å². The molecule has 1 aromatic rings. The minimum Gasteiger partial charge on any atom is -0.480 e. The molecule has 0 radical (unpaired) electrons. The lowest BCUT2D eigenvalue weighted by molar-refractivity contribution is -0.144. The van der Waals surface area contributed by atoms with Crippen LogP contribution in [-0.4, -0.2) is 137 Å². The second-order valence-corrected chi connectivity index (χ2v) is 18.9. The zero-order valence-corrected chi connectivity index (χ0v) is 40.6. The molecule has 7 amide bonds. The fourth-order valence-corrected chi connectivity index (χ4v) is 7.89. The summed E-state index contributed by atoms with van der Waals surface area (Å²) in [6, 6.07) is -0.246. The Hall–Kier alpha value is -5.18. The fraction of sp³-hybridized carbons (Fsp3) is 0.702. The highest BCUT2D eigenvalue weighted by atomic mass is 16.4. The first-order chi connectivity index (χ1) is 31.6. The van der Waals surface area contributed by atoms with E-state index in [1.54, 1.807) is 38.1 Å². The molecule has 1 heterocycles. The molecule has 0 aliphatic carbocycles. The van der Waals surface area contributed by atoms with Gasteiger partial charge in [0.2, 0.25) is 41.4 Å². The summed E-state index contributed by atoms with van der Waals surface area (Å²) < 4.78 is 0. The van der Waals surface area contributed by atoms with Gasteiger partial charge in [0, 0.05) is 6.54 Å². The number of benzene rings is 1. The topological polar surface area (TPSA) is 330 Å². The number of nitrogens with one attached hydrogen (secondary N) is 6. The van der Waals surface area contributed by atoms with Crippen molar-refractivity contribution in [1.29, 1.82) is 0 Å². The van der Waals surface area contributed by atoms with Gasteiger partial charge in [-0.1, -0.05) is 71.9 Å². The lowest BCUT2D eigenvalue weighted by Gasteiger charge is -2.32. The molecule has 14 N–H and O–H groups in total. The van der Waals surface area contributed by atoms with Gasteiger partial charge in [0.1, 0.15) is 42.3 Å². The van der Waals surface area contributed by atoms with E-state index in [2.05, 4.69) is 31.9 Å². The summed E-state index contributed by atoms with van der Waals surface area (Å²) in [4.78, 5) is 110. The molecule has 1 fully saturated rings. The fourth-order valence-electron chi connectivity index (χ4n) is 7.89. The molecule has 1 aliphatic heterocycles. The molecule has 378 valence electrons. The zero-order valence-electron chi connectivity index (χ0n) is 40.6. The minimum absolute atomic E-state index is 0.0214. The van der Waals surface area contributed by atoms with Crippen LogP contribution >= 0.6 is 0 Å². The molecule has 0 unspecified atom stereocenters. The molecular weight excluding hydrogens is 865 g/mol. The van der Waals surface area contributed by atoms with E-state index in [0.717, 1.165) is 5.56 Å². The number of nitrogens with two attached hydrogens (primary N) is 3. The number of carboxylic acid groups (broad SMARTS) is 1. The Kier molecular flexibility index (Phi) is 25.6. The Balaban J connectivity index is 2.30. The van der Waals surface area contributed by atoms with Crippen LogP contribution in [0.15, 0.2) is 30.3 Å². The largest absolute Gasteiger partial charge is 0.480 e. The third kappa shape index (κ3) is 19.9. The second-order valence-electron chi connectivity index (χ2n) is 18.9. The van der Waals surface area contributed by atoms with Gasteiger partial charge in [-0.25, -0.2) is 4.79 Å². The van der Waals surface area contributed by atoms with Crippen molar-refractivity contribution in [2.24, 2.45) is 35.0 Å². The maximum atomic E-state index is 14.4. The van der Waals surface area contributed by atoms with Gasteiger partial charge >= 0.3 is 5.97 Å². The van der Waals surface area contributed by atoms with E-state index in [1.165, 1.54) is 11.8 Å². The van der Waals surface area contributed by atoms with Crippen LogP contribution in [0.1, 0.15) is 118 Å². The first-order valence-corrected chi connectivity index (χ1v) is 23.8. The van der Waals surface area contributed by atoms with Crippen molar-refractivity contribution < 1.29 is 48.6 Å². The minimum atomic E-state index is -1.47. The van der Waals surface area contributed by atoms with E-state index in [1.807, 2.05) is 33.8 Å². The molecule has 1 aliphatic rings. The van der Waals surface area contributed by atoms with Gasteiger partial charge in [0.25, 0.3) is 0 Å². The summed E-state index contributed by atoms with van der Waals surface area (Å²) in [7, 11) is 0. The summed E-state index contributed by atoms with van der Waals surface area (Å²) in [5, 5.41) is 36.3. The lowest BCUT2D eigenvalue weighted by Crippen LogP contribution is -2.61. The summed E-state index contributed by atoms with van der Waals surface area (Å²) in [5.41, 5.74) is 18.4. The number of likely N-dealkylation sites (tertiary alicyclic amines) is 1. The lowest BCUT2D eigenvalue weighted by atomic mass is 9.99. The van der Waals surface area contributed by atoms with Crippen LogP contribution in [0.5, 0.6) is 0 Å². The number of carbonyl (C=O) groups excluding carboxylic acids is 7. The number of unbranched alkanes of at least 4 members (excludes halogenated alkanes) is 2. The number of hydrogen-bond acceptors (Lipinski definition) is 12. The molecule has 2 rings (SSSR count). The Morgan fingerprint density at radius 1 is 0.642 bits per heavy atom. The second kappa shape index (κ2) is 29.6. The Labute approximate surface area is 395 Å². The maximum absolute atomic E-state index is 14.4. The van der Waals surface area contributed by atoms with Gasteiger partial charge in [-0.2, -0.15) is 0 Å². The van der Waals surface area contributed by atoms with Crippen LogP contribution in [0, 0.1) is 17.8 Å². The van der Waals surface area contributed by atoms with Crippen LogP contribution in [0.4, 0.5) is 0 Å². The monoisotopic (exact) mass is 945 g/mol. The number of nitrogens with zero attached hydrogens (tertiary/aromatic N) is 1. The average molecular weight is 945 g/mol. The standard InChI is InChI=1S/C47H80N10O10/c1-27(2)24-35(42(61)54-36(47(66)67)25-28(3)4)53-43(62)37-20-15-23-57(37)46(65)34(19-12-14-22-49)52-44(63)38(29(5)6)55-41(60)33(18-11-13-21-48)51-45(64)39(30(7)58)56-40(59)32(50)26-31-16-9-8-10-17-31/h8-10,16-17,27-30,32-39,58H,11-15,18-26,48-50H2,1-7H3,(H,51,64)(H,52,63)(H,53,62)(H,54,61)(H,55,60)(H,56,59)(H,66,67)/t30-,32+,33+,34+,35+,36+,37+,38+,39+/m1/s1. The summed E-state index contributed by atoms with van der Waals surface area (Å²) in [5.74, 6) is -6.50. The molecule has 0 bridgehead atoms. The van der Waals surface area contributed by atoms with Crippen molar-refractivity contribution in [1.82, 2.24) is 36.8 Å². The molecule has 1 aromatic carbocycles. The van der Waals surface area contributed by atoms with Crippen LogP contribution in [0.25, 0.3) is 0 Å². The van der Waals surface area contributed by atoms with Gasteiger partial charge in [-0.3, -0.25) is 33.6 Å². The van der Waals surface area contributed by atoms with Gasteiger partial charge in [-0.15, -0.1) is 0 Å². The van der Waals surface area contributed by atoms with Gasteiger partial charge in [0.05, 0.1) is 12.1 Å². The van der Waals surface area contributed by atoms with E-state index in [-0.39, 0.29) is 56.9 Å². The third-order valence-electron chi connectivity index (χ3n) is 11.6. The van der Waals surface area contributed by atoms with Crippen LogP contribution in [0.2, 0.25) is 0 Å². The number of carbonyl (C=O) groups is 8. The van der Waals surface area contributed by atoms with Crippen LogP contribution < -0.4 is 49.1 Å². The first-order valence-electron chi connectivity index (χ1n) is 23.8. The summed E-state index contributed by atoms with van der Waals surface area (Å²) in [6.07, 6.45) is 2.11. The van der Waals surface area contributed by atoms with Crippen LogP contribution in [-0.2, 0) is 44.8 Å². The average Bonchev–Trinajstić information content (AvgIpc) is 3.76. The van der Waals surface area contributed by atoms with E-state index in [4.69, 9.17) is 17.2 Å². The Morgan fingerprint density at radius 2 is 1.15 bits per heavy atom. The third-order valence-corrected chi connectivity index (χ3v) is 11.6. The van der Waals surface area contributed by atoms with E-state index >= 15 is 0 Å². The van der Waals surface area contributed by atoms with Crippen molar-refractivity contribution in [3.63, 3.8) is 0 Å². The number of aliphatic hydroxyl groups is 1. The van der Waals surface area contributed by atoms with Crippen molar-refractivity contribution in [2.45, 2.75) is 174 Å². The van der Waals surface area contributed by atoms with Gasteiger partial charge < -0.3 is 64.2 Å². The molecule has 0 saturated carbocycles.